The molecule has 18 heavy (non-hydrogen) atoms. The van der Waals surface area contributed by atoms with Crippen molar-refractivity contribution in [2.24, 2.45) is 5.84 Å². The van der Waals surface area contributed by atoms with Crippen molar-refractivity contribution < 1.29 is 0 Å². The lowest BCUT2D eigenvalue weighted by atomic mass is 9.95. The van der Waals surface area contributed by atoms with Gasteiger partial charge in [-0.1, -0.05) is 53.5 Å². The zero-order valence-corrected chi connectivity index (χ0v) is 11.5. The lowest BCUT2D eigenvalue weighted by Crippen LogP contribution is -2.29. The Bertz CT molecular complexity index is 535. The topological polar surface area (TPSA) is 38.0 Å². The van der Waals surface area contributed by atoms with Crippen LogP contribution in [0.5, 0.6) is 0 Å². The first-order valence-corrected chi connectivity index (χ1v) is 6.36. The number of aryl methyl sites for hydroxylation is 1. The Balaban J connectivity index is 2.56. The molecule has 4 heteroatoms. The Morgan fingerprint density at radius 2 is 1.61 bits per heavy atom. The highest BCUT2D eigenvalue weighted by molar-refractivity contribution is 6.36. The molecule has 1 atom stereocenters. The van der Waals surface area contributed by atoms with Crippen molar-refractivity contribution in [2.75, 3.05) is 0 Å². The molecular formula is C14H14Cl2N2. The summed E-state index contributed by atoms with van der Waals surface area (Å²) in [6.45, 7) is 2.03. The van der Waals surface area contributed by atoms with E-state index in [4.69, 9.17) is 29.0 Å². The number of hydrazine groups is 1. The first kappa shape index (κ1) is 13.4. The predicted molar refractivity (Wildman–Crippen MR) is 76.8 cm³/mol. The fourth-order valence-corrected chi connectivity index (χ4v) is 2.64. The van der Waals surface area contributed by atoms with Crippen molar-refractivity contribution >= 4 is 23.2 Å². The molecule has 0 aliphatic rings. The van der Waals surface area contributed by atoms with Crippen molar-refractivity contribution in [1.29, 1.82) is 0 Å². The maximum atomic E-state index is 6.23. The minimum Gasteiger partial charge on any atom is -0.271 e. The SMILES string of the molecule is Cc1ccccc1C(NN)c1c(Cl)cccc1Cl. The molecule has 2 aromatic rings. The monoisotopic (exact) mass is 280 g/mol. The number of hydrogen-bond donors (Lipinski definition) is 2. The largest absolute Gasteiger partial charge is 0.271 e. The Morgan fingerprint density at radius 3 is 2.17 bits per heavy atom. The van der Waals surface area contributed by atoms with Crippen LogP contribution in [0.1, 0.15) is 22.7 Å². The molecule has 1 unspecified atom stereocenters. The van der Waals surface area contributed by atoms with Gasteiger partial charge >= 0.3 is 0 Å². The molecular weight excluding hydrogens is 267 g/mol. The highest BCUT2D eigenvalue weighted by atomic mass is 35.5. The first-order valence-electron chi connectivity index (χ1n) is 5.60. The average molecular weight is 281 g/mol. The summed E-state index contributed by atoms with van der Waals surface area (Å²) in [7, 11) is 0. The number of nitrogens with two attached hydrogens (primary N) is 1. The standard InChI is InChI=1S/C14H14Cl2N2/c1-9-5-2-3-6-10(9)14(18-17)13-11(15)7-4-8-12(13)16/h2-8,14,18H,17H2,1H3. The van der Waals surface area contributed by atoms with Crippen molar-refractivity contribution in [2.45, 2.75) is 13.0 Å². The molecule has 0 saturated heterocycles. The predicted octanol–water partition coefficient (Wildman–Crippen LogP) is 3.85. The van der Waals surface area contributed by atoms with Gasteiger partial charge in [0.15, 0.2) is 0 Å². The number of halogens is 2. The van der Waals surface area contributed by atoms with Gasteiger partial charge in [-0.25, -0.2) is 5.43 Å². The van der Waals surface area contributed by atoms with Gasteiger partial charge in [-0.05, 0) is 30.2 Å². The van der Waals surface area contributed by atoms with Crippen LogP contribution in [0, 0.1) is 6.92 Å². The van der Waals surface area contributed by atoms with Crippen LogP contribution in [0.25, 0.3) is 0 Å². The van der Waals surface area contributed by atoms with Crippen LogP contribution in [-0.4, -0.2) is 0 Å². The van der Waals surface area contributed by atoms with Gasteiger partial charge in [0.05, 0.1) is 6.04 Å². The first-order chi connectivity index (χ1) is 8.65. The van der Waals surface area contributed by atoms with Gasteiger partial charge in [-0.3, -0.25) is 5.84 Å². The van der Waals surface area contributed by atoms with Gasteiger partial charge in [0.2, 0.25) is 0 Å². The molecule has 0 saturated carbocycles. The smallest absolute Gasteiger partial charge is 0.0741 e. The van der Waals surface area contributed by atoms with Crippen molar-refractivity contribution in [3.8, 4) is 0 Å². The molecule has 94 valence electrons. The third-order valence-corrected chi connectivity index (χ3v) is 3.61. The van der Waals surface area contributed by atoms with E-state index in [0.717, 1.165) is 16.7 Å². The van der Waals surface area contributed by atoms with Gasteiger partial charge in [0.1, 0.15) is 0 Å². The summed E-state index contributed by atoms with van der Waals surface area (Å²) in [5, 5.41) is 1.21. The molecule has 2 rings (SSSR count). The third kappa shape index (κ3) is 2.52. The van der Waals surface area contributed by atoms with E-state index in [1.807, 2.05) is 49.4 Å². The van der Waals surface area contributed by atoms with E-state index in [2.05, 4.69) is 5.43 Å². The van der Waals surface area contributed by atoms with Crippen LogP contribution >= 0.6 is 23.2 Å². The summed E-state index contributed by atoms with van der Waals surface area (Å²) < 4.78 is 0. The summed E-state index contributed by atoms with van der Waals surface area (Å²) in [4.78, 5) is 0. The average Bonchev–Trinajstić information content (AvgIpc) is 2.35. The second kappa shape index (κ2) is 5.72. The van der Waals surface area contributed by atoms with Crippen molar-refractivity contribution in [3.05, 3.63) is 69.2 Å². The lowest BCUT2D eigenvalue weighted by molar-refractivity contribution is 0.634. The van der Waals surface area contributed by atoms with Crippen LogP contribution in [0.15, 0.2) is 42.5 Å². The van der Waals surface area contributed by atoms with E-state index in [9.17, 15) is 0 Å². The number of hydrogen-bond acceptors (Lipinski definition) is 2. The fraction of sp³-hybridized carbons (Fsp3) is 0.143. The molecule has 0 bridgehead atoms. The minimum absolute atomic E-state index is 0.215. The summed E-state index contributed by atoms with van der Waals surface area (Å²) >= 11 is 12.5. The molecule has 2 nitrogen and oxygen atoms in total. The van der Waals surface area contributed by atoms with Crippen LogP contribution in [-0.2, 0) is 0 Å². The highest BCUT2D eigenvalue weighted by Crippen LogP contribution is 2.34. The van der Waals surface area contributed by atoms with Crippen molar-refractivity contribution in [3.63, 3.8) is 0 Å². The molecule has 0 amide bonds. The molecule has 0 spiro atoms. The molecule has 0 aliphatic carbocycles. The zero-order chi connectivity index (χ0) is 13.1. The van der Waals surface area contributed by atoms with E-state index in [0.29, 0.717) is 10.0 Å². The second-order valence-electron chi connectivity index (χ2n) is 4.09. The van der Waals surface area contributed by atoms with Gasteiger partial charge < -0.3 is 0 Å². The minimum atomic E-state index is -0.215. The number of benzene rings is 2. The van der Waals surface area contributed by atoms with Crippen LogP contribution < -0.4 is 11.3 Å². The Kier molecular flexibility index (Phi) is 4.25. The Labute approximate surface area is 117 Å². The Morgan fingerprint density at radius 1 is 1.00 bits per heavy atom. The van der Waals surface area contributed by atoms with Crippen LogP contribution in [0.3, 0.4) is 0 Å². The lowest BCUT2D eigenvalue weighted by Gasteiger charge is -2.21. The molecule has 0 radical (unpaired) electrons. The van der Waals surface area contributed by atoms with E-state index >= 15 is 0 Å². The fourth-order valence-electron chi connectivity index (χ4n) is 2.03. The van der Waals surface area contributed by atoms with E-state index < -0.39 is 0 Å². The Hall–Kier alpha value is -1.06. The quantitative estimate of drug-likeness (QED) is 0.662. The molecule has 2 aromatic carbocycles. The molecule has 0 heterocycles. The second-order valence-corrected chi connectivity index (χ2v) is 4.91. The number of nitrogens with one attached hydrogen (secondary N) is 1. The summed E-state index contributed by atoms with van der Waals surface area (Å²) in [6.07, 6.45) is 0. The zero-order valence-electron chi connectivity index (χ0n) is 9.95. The normalized spacial score (nSPS) is 12.4. The van der Waals surface area contributed by atoms with Gasteiger partial charge in [0.25, 0.3) is 0 Å². The molecule has 0 aliphatic heterocycles. The number of rotatable bonds is 3. The maximum absolute atomic E-state index is 6.23. The molecule has 0 fully saturated rings. The van der Waals surface area contributed by atoms with Gasteiger partial charge in [0, 0.05) is 15.6 Å². The van der Waals surface area contributed by atoms with E-state index in [1.165, 1.54) is 0 Å². The molecule has 0 aromatic heterocycles. The van der Waals surface area contributed by atoms with Gasteiger partial charge in [-0.2, -0.15) is 0 Å². The summed E-state index contributed by atoms with van der Waals surface area (Å²) in [5.41, 5.74) is 5.79. The third-order valence-electron chi connectivity index (χ3n) is 2.95. The summed E-state index contributed by atoms with van der Waals surface area (Å²) in [6, 6.07) is 13.2. The molecule has 3 N–H and O–H groups in total. The van der Waals surface area contributed by atoms with E-state index in [-0.39, 0.29) is 6.04 Å². The van der Waals surface area contributed by atoms with Gasteiger partial charge in [-0.15, -0.1) is 0 Å². The van der Waals surface area contributed by atoms with Crippen molar-refractivity contribution in [1.82, 2.24) is 5.43 Å². The van der Waals surface area contributed by atoms with Crippen LogP contribution in [0.4, 0.5) is 0 Å². The maximum Gasteiger partial charge on any atom is 0.0741 e. The summed E-state index contributed by atoms with van der Waals surface area (Å²) in [5.74, 6) is 5.68. The van der Waals surface area contributed by atoms with Crippen LogP contribution in [0.2, 0.25) is 10.0 Å². The highest BCUT2D eigenvalue weighted by Gasteiger charge is 2.19. The van der Waals surface area contributed by atoms with E-state index in [1.54, 1.807) is 0 Å².